The lowest BCUT2D eigenvalue weighted by Gasteiger charge is -2.09. The van der Waals surface area contributed by atoms with Crippen LogP contribution in [0.1, 0.15) is 16.8 Å². The van der Waals surface area contributed by atoms with Crippen molar-refractivity contribution in [1.82, 2.24) is 15.3 Å². The minimum Gasteiger partial charge on any atom is -0.497 e. The molecule has 0 saturated heterocycles. The van der Waals surface area contributed by atoms with Crippen LogP contribution in [0, 0.1) is 0 Å². The maximum atomic E-state index is 12.6. The van der Waals surface area contributed by atoms with Crippen LogP contribution in [0.5, 0.6) is 5.75 Å². The molecular weight excluding hydrogens is 395 g/mol. The number of benzene rings is 1. The number of hydrogen-bond donors (Lipinski definition) is 2. The number of H-pyrrole nitrogens is 1. The van der Waals surface area contributed by atoms with Gasteiger partial charge in [0.1, 0.15) is 5.75 Å². The monoisotopic (exact) mass is 411 g/mol. The summed E-state index contributed by atoms with van der Waals surface area (Å²) in [4.78, 5) is 18.9. The molecule has 2 heterocycles. The van der Waals surface area contributed by atoms with E-state index in [1.165, 1.54) is 0 Å². The van der Waals surface area contributed by atoms with E-state index >= 15 is 0 Å². The topological polar surface area (TPSA) is 67.0 Å². The number of rotatable bonds is 6. The van der Waals surface area contributed by atoms with Crippen molar-refractivity contribution in [3.63, 3.8) is 0 Å². The third-order valence-corrected chi connectivity index (χ3v) is 4.59. The molecule has 0 unspecified atom stereocenters. The Kier molecular flexibility index (Phi) is 5.79. The molecule has 0 saturated carbocycles. The predicted octanol–water partition coefficient (Wildman–Crippen LogP) is 4.15. The molecule has 1 amide bonds. The first-order valence-electron chi connectivity index (χ1n) is 8.40. The van der Waals surface area contributed by atoms with Crippen molar-refractivity contribution in [2.75, 3.05) is 13.7 Å². The standard InChI is InChI=1S/C19H17ClF3N3O2/c1-28-13-2-3-16-14(7-13)11(9-25-16)4-5-24-18(27)8-17-15(20)6-12(10-26-17)19(21,22)23/h2-3,6-7,9-10,25H,4-5,8H2,1H3,(H,24,27). The Bertz CT molecular complexity index is 1000. The number of aromatic amines is 1. The molecule has 3 aromatic rings. The van der Waals surface area contributed by atoms with Crippen molar-refractivity contribution in [2.24, 2.45) is 0 Å². The molecular formula is C19H17ClF3N3O2. The molecule has 3 rings (SSSR count). The number of alkyl halides is 3. The summed E-state index contributed by atoms with van der Waals surface area (Å²) in [5, 5.41) is 3.54. The fourth-order valence-electron chi connectivity index (χ4n) is 2.79. The molecule has 9 heteroatoms. The zero-order valence-corrected chi connectivity index (χ0v) is 15.6. The van der Waals surface area contributed by atoms with E-state index in [1.54, 1.807) is 7.11 Å². The lowest BCUT2D eigenvalue weighted by molar-refractivity contribution is -0.137. The highest BCUT2D eigenvalue weighted by Gasteiger charge is 2.31. The predicted molar refractivity (Wildman–Crippen MR) is 99.5 cm³/mol. The van der Waals surface area contributed by atoms with Crippen molar-refractivity contribution >= 4 is 28.4 Å². The number of methoxy groups -OCH3 is 1. The average Bonchev–Trinajstić information content (AvgIpc) is 3.04. The van der Waals surface area contributed by atoms with Crippen molar-refractivity contribution < 1.29 is 22.7 Å². The average molecular weight is 412 g/mol. The Morgan fingerprint density at radius 3 is 2.79 bits per heavy atom. The van der Waals surface area contributed by atoms with Gasteiger partial charge in [0.25, 0.3) is 0 Å². The number of halogens is 4. The highest BCUT2D eigenvalue weighted by molar-refractivity contribution is 6.31. The van der Waals surface area contributed by atoms with Crippen LogP contribution in [-0.2, 0) is 23.8 Å². The van der Waals surface area contributed by atoms with E-state index in [0.29, 0.717) is 19.2 Å². The van der Waals surface area contributed by atoms with E-state index in [2.05, 4.69) is 15.3 Å². The van der Waals surface area contributed by atoms with Gasteiger partial charge in [-0.25, -0.2) is 0 Å². The lowest BCUT2D eigenvalue weighted by Crippen LogP contribution is -2.27. The van der Waals surface area contributed by atoms with Gasteiger partial charge in [-0.3, -0.25) is 9.78 Å². The van der Waals surface area contributed by atoms with E-state index < -0.39 is 11.7 Å². The maximum absolute atomic E-state index is 12.6. The molecule has 0 fully saturated rings. The van der Waals surface area contributed by atoms with Crippen LogP contribution in [0.25, 0.3) is 10.9 Å². The first-order chi connectivity index (χ1) is 13.3. The highest BCUT2D eigenvalue weighted by Crippen LogP contribution is 2.31. The van der Waals surface area contributed by atoms with E-state index in [-0.39, 0.29) is 23.0 Å². The van der Waals surface area contributed by atoms with Crippen LogP contribution in [0.3, 0.4) is 0 Å². The number of pyridine rings is 1. The number of amides is 1. The highest BCUT2D eigenvalue weighted by atomic mass is 35.5. The number of nitrogens with zero attached hydrogens (tertiary/aromatic N) is 1. The Morgan fingerprint density at radius 2 is 2.11 bits per heavy atom. The Hall–Kier alpha value is -2.74. The van der Waals surface area contributed by atoms with Gasteiger partial charge in [0, 0.05) is 29.8 Å². The second kappa shape index (κ2) is 8.10. The number of ether oxygens (including phenoxy) is 1. The van der Waals surface area contributed by atoms with Gasteiger partial charge in [-0.05, 0) is 36.2 Å². The third-order valence-electron chi connectivity index (χ3n) is 4.26. The van der Waals surface area contributed by atoms with Gasteiger partial charge in [-0.15, -0.1) is 0 Å². The molecule has 0 aliphatic heterocycles. The molecule has 0 atom stereocenters. The summed E-state index contributed by atoms with van der Waals surface area (Å²) in [6.45, 7) is 0.362. The van der Waals surface area contributed by atoms with Crippen LogP contribution < -0.4 is 10.1 Å². The molecule has 5 nitrogen and oxygen atoms in total. The number of nitrogens with one attached hydrogen (secondary N) is 2. The Labute approximate surface area is 163 Å². The minimum atomic E-state index is -4.53. The van der Waals surface area contributed by atoms with Crippen molar-refractivity contribution in [3.8, 4) is 5.75 Å². The normalized spacial score (nSPS) is 11.6. The second-order valence-electron chi connectivity index (χ2n) is 6.15. The van der Waals surface area contributed by atoms with E-state index in [0.717, 1.165) is 28.3 Å². The van der Waals surface area contributed by atoms with Crippen LogP contribution in [0.2, 0.25) is 5.02 Å². The summed E-state index contributed by atoms with van der Waals surface area (Å²) in [6.07, 6.45) is -1.61. The van der Waals surface area contributed by atoms with Crippen LogP contribution >= 0.6 is 11.6 Å². The number of fused-ring (bicyclic) bond motifs is 1. The van der Waals surface area contributed by atoms with Gasteiger partial charge in [0.2, 0.25) is 5.91 Å². The van der Waals surface area contributed by atoms with Gasteiger partial charge in [0.15, 0.2) is 0 Å². The number of hydrogen-bond acceptors (Lipinski definition) is 3. The zero-order valence-electron chi connectivity index (χ0n) is 14.9. The quantitative estimate of drug-likeness (QED) is 0.640. The molecule has 0 radical (unpaired) electrons. The molecule has 2 N–H and O–H groups in total. The molecule has 0 spiro atoms. The van der Waals surface area contributed by atoms with E-state index in [4.69, 9.17) is 16.3 Å². The molecule has 2 aromatic heterocycles. The van der Waals surface area contributed by atoms with Gasteiger partial charge >= 0.3 is 6.18 Å². The summed E-state index contributed by atoms with van der Waals surface area (Å²) in [7, 11) is 1.59. The van der Waals surface area contributed by atoms with Crippen molar-refractivity contribution in [2.45, 2.75) is 19.0 Å². The minimum absolute atomic E-state index is 0.101. The summed E-state index contributed by atoms with van der Waals surface area (Å²) in [5.41, 5.74) is 1.13. The number of carbonyl (C=O) groups is 1. The second-order valence-corrected chi connectivity index (χ2v) is 6.56. The van der Waals surface area contributed by atoms with Gasteiger partial charge < -0.3 is 15.0 Å². The van der Waals surface area contributed by atoms with Crippen LogP contribution in [0.15, 0.2) is 36.7 Å². The largest absolute Gasteiger partial charge is 0.497 e. The Balaban J connectivity index is 1.58. The van der Waals surface area contributed by atoms with Crippen molar-refractivity contribution in [1.29, 1.82) is 0 Å². The summed E-state index contributed by atoms with van der Waals surface area (Å²) >= 11 is 5.83. The van der Waals surface area contributed by atoms with E-state index in [9.17, 15) is 18.0 Å². The fraction of sp³-hybridized carbons (Fsp3) is 0.263. The van der Waals surface area contributed by atoms with E-state index in [1.807, 2.05) is 24.4 Å². The summed E-state index contributed by atoms with van der Waals surface area (Å²) in [6, 6.07) is 6.45. The Morgan fingerprint density at radius 1 is 1.32 bits per heavy atom. The SMILES string of the molecule is COc1ccc2[nH]cc(CCNC(=O)Cc3ncc(C(F)(F)F)cc3Cl)c2c1. The third kappa shape index (κ3) is 4.56. The smallest absolute Gasteiger partial charge is 0.417 e. The van der Waals surface area contributed by atoms with Crippen molar-refractivity contribution in [3.05, 3.63) is 58.5 Å². The summed E-state index contributed by atoms with van der Waals surface area (Å²) < 4.78 is 43.1. The zero-order chi connectivity index (χ0) is 20.3. The fourth-order valence-corrected chi connectivity index (χ4v) is 3.03. The van der Waals surface area contributed by atoms with Crippen LogP contribution in [-0.4, -0.2) is 29.5 Å². The van der Waals surface area contributed by atoms with Crippen LogP contribution in [0.4, 0.5) is 13.2 Å². The molecule has 0 bridgehead atoms. The number of carbonyl (C=O) groups excluding carboxylic acids is 1. The first kappa shape index (κ1) is 20.0. The van der Waals surface area contributed by atoms with Gasteiger partial charge in [-0.2, -0.15) is 13.2 Å². The lowest BCUT2D eigenvalue weighted by atomic mass is 10.1. The first-order valence-corrected chi connectivity index (χ1v) is 8.78. The van der Waals surface area contributed by atoms with Gasteiger partial charge in [0.05, 0.1) is 29.8 Å². The molecule has 0 aliphatic carbocycles. The van der Waals surface area contributed by atoms with Gasteiger partial charge in [-0.1, -0.05) is 11.6 Å². The number of aromatic nitrogens is 2. The summed E-state index contributed by atoms with van der Waals surface area (Å²) in [5.74, 6) is 0.368. The maximum Gasteiger partial charge on any atom is 0.417 e. The molecule has 28 heavy (non-hydrogen) atoms. The molecule has 0 aliphatic rings. The molecule has 1 aromatic carbocycles. The molecule has 148 valence electrons.